The number of carboxylic acid groups (broad SMARTS) is 1. The Kier molecular flexibility index (Phi) is 5.48. The van der Waals surface area contributed by atoms with Crippen LogP contribution in [0.4, 0.5) is 0 Å². The number of rotatable bonds is 6. The molecule has 1 aliphatic carbocycles. The number of ether oxygens (including phenoxy) is 1. The highest BCUT2D eigenvalue weighted by molar-refractivity contribution is 5.88. The van der Waals surface area contributed by atoms with Crippen molar-refractivity contribution in [1.82, 2.24) is 0 Å². The van der Waals surface area contributed by atoms with Gasteiger partial charge in [-0.3, -0.25) is 0 Å². The van der Waals surface area contributed by atoms with Crippen LogP contribution < -0.4 is 4.74 Å². The number of carboxylic acids is 1. The number of aryl methyl sites for hydroxylation is 3. The molecule has 29 heavy (non-hydrogen) atoms. The van der Waals surface area contributed by atoms with E-state index in [1.54, 1.807) is 19.2 Å². The SMILES string of the molecule is COc1ccc(C=C2CCc3cccc(CCc4ccc(C(=O)O)cc4)c32)cc1. The van der Waals surface area contributed by atoms with Crippen molar-refractivity contribution in [2.75, 3.05) is 7.11 Å². The number of allylic oxidation sites excluding steroid dienone is 1. The summed E-state index contributed by atoms with van der Waals surface area (Å²) in [6.07, 6.45) is 6.27. The summed E-state index contributed by atoms with van der Waals surface area (Å²) in [6, 6.07) is 22.0. The predicted octanol–water partition coefficient (Wildman–Crippen LogP) is 5.67. The molecule has 3 aromatic rings. The van der Waals surface area contributed by atoms with Crippen LogP contribution in [0, 0.1) is 0 Å². The van der Waals surface area contributed by atoms with Gasteiger partial charge in [-0.25, -0.2) is 4.79 Å². The summed E-state index contributed by atoms with van der Waals surface area (Å²) in [5.74, 6) is -0.0145. The second-order valence-corrected chi connectivity index (χ2v) is 7.40. The topological polar surface area (TPSA) is 46.5 Å². The highest BCUT2D eigenvalue weighted by atomic mass is 16.5. The third-order valence-corrected chi connectivity index (χ3v) is 5.56. The fourth-order valence-corrected chi connectivity index (χ4v) is 4.02. The molecule has 0 heterocycles. The first-order valence-electron chi connectivity index (χ1n) is 9.92. The van der Waals surface area contributed by atoms with E-state index >= 15 is 0 Å². The minimum absolute atomic E-state index is 0.332. The van der Waals surface area contributed by atoms with Crippen LogP contribution in [0.25, 0.3) is 11.6 Å². The fourth-order valence-electron chi connectivity index (χ4n) is 4.02. The van der Waals surface area contributed by atoms with E-state index in [1.807, 2.05) is 24.3 Å². The molecular formula is C26H24O3. The summed E-state index contributed by atoms with van der Waals surface area (Å²) in [4.78, 5) is 11.0. The maximum Gasteiger partial charge on any atom is 0.335 e. The molecule has 146 valence electrons. The van der Waals surface area contributed by atoms with E-state index in [9.17, 15) is 4.79 Å². The third kappa shape index (κ3) is 4.24. The van der Waals surface area contributed by atoms with Gasteiger partial charge in [-0.05, 0) is 83.3 Å². The van der Waals surface area contributed by atoms with Gasteiger partial charge in [0.2, 0.25) is 0 Å². The van der Waals surface area contributed by atoms with E-state index in [0.29, 0.717) is 5.56 Å². The lowest BCUT2D eigenvalue weighted by Gasteiger charge is -2.11. The number of benzene rings is 3. The van der Waals surface area contributed by atoms with Crippen LogP contribution in [0.1, 0.15) is 44.6 Å². The molecule has 1 aliphatic rings. The average Bonchev–Trinajstić information content (AvgIpc) is 3.16. The van der Waals surface area contributed by atoms with Crippen molar-refractivity contribution >= 4 is 17.6 Å². The molecule has 0 atom stereocenters. The molecule has 0 radical (unpaired) electrons. The molecule has 1 N–H and O–H groups in total. The minimum Gasteiger partial charge on any atom is -0.497 e. The third-order valence-electron chi connectivity index (χ3n) is 5.56. The largest absolute Gasteiger partial charge is 0.497 e. The molecule has 0 unspecified atom stereocenters. The number of methoxy groups -OCH3 is 1. The molecule has 0 saturated carbocycles. The van der Waals surface area contributed by atoms with E-state index in [4.69, 9.17) is 9.84 Å². The quantitative estimate of drug-likeness (QED) is 0.596. The Morgan fingerprint density at radius 2 is 1.72 bits per heavy atom. The van der Waals surface area contributed by atoms with Crippen LogP contribution in [0.3, 0.4) is 0 Å². The van der Waals surface area contributed by atoms with Crippen LogP contribution in [-0.2, 0) is 19.3 Å². The lowest BCUT2D eigenvalue weighted by atomic mass is 9.94. The van der Waals surface area contributed by atoms with Gasteiger partial charge in [0.15, 0.2) is 0 Å². The molecular weight excluding hydrogens is 360 g/mol. The molecule has 3 heteroatoms. The van der Waals surface area contributed by atoms with Gasteiger partial charge in [0.05, 0.1) is 12.7 Å². The van der Waals surface area contributed by atoms with E-state index in [2.05, 4.69) is 36.4 Å². The molecule has 0 bridgehead atoms. The smallest absolute Gasteiger partial charge is 0.335 e. The highest BCUT2D eigenvalue weighted by Gasteiger charge is 2.19. The maximum atomic E-state index is 11.0. The van der Waals surface area contributed by atoms with E-state index in [-0.39, 0.29) is 0 Å². The Bertz CT molecular complexity index is 1040. The highest BCUT2D eigenvalue weighted by Crippen LogP contribution is 2.36. The standard InChI is InChI=1S/C26H24O3/c1-29-24-15-8-19(9-16-24)17-23-14-13-21-4-2-3-20(25(21)23)10-5-18-6-11-22(12-7-18)26(27)28/h2-4,6-9,11-12,15-17H,5,10,13-14H2,1H3,(H,27,28). The number of aromatic carboxylic acids is 1. The van der Waals surface area contributed by atoms with Crippen molar-refractivity contribution in [3.63, 3.8) is 0 Å². The normalized spacial score (nSPS) is 14.0. The molecule has 0 amide bonds. The zero-order chi connectivity index (χ0) is 20.2. The first-order valence-corrected chi connectivity index (χ1v) is 9.92. The van der Waals surface area contributed by atoms with Crippen molar-refractivity contribution in [2.24, 2.45) is 0 Å². The monoisotopic (exact) mass is 384 g/mol. The van der Waals surface area contributed by atoms with Gasteiger partial charge in [-0.15, -0.1) is 0 Å². The maximum absolute atomic E-state index is 11.0. The van der Waals surface area contributed by atoms with Crippen molar-refractivity contribution in [1.29, 1.82) is 0 Å². The molecule has 0 fully saturated rings. The summed E-state index contributed by atoms with van der Waals surface area (Å²) < 4.78 is 5.26. The number of fused-ring (bicyclic) bond motifs is 1. The lowest BCUT2D eigenvalue weighted by molar-refractivity contribution is 0.0697. The Labute approximate surface area is 171 Å². The van der Waals surface area contributed by atoms with E-state index < -0.39 is 5.97 Å². The van der Waals surface area contributed by atoms with Gasteiger partial charge < -0.3 is 9.84 Å². The number of carbonyl (C=O) groups is 1. The van der Waals surface area contributed by atoms with Crippen LogP contribution in [0.2, 0.25) is 0 Å². The number of hydrogen-bond donors (Lipinski definition) is 1. The molecule has 4 rings (SSSR count). The zero-order valence-corrected chi connectivity index (χ0v) is 16.5. The van der Waals surface area contributed by atoms with Crippen LogP contribution in [0.15, 0.2) is 66.7 Å². The zero-order valence-electron chi connectivity index (χ0n) is 16.5. The van der Waals surface area contributed by atoms with Crippen molar-refractivity contribution in [3.8, 4) is 5.75 Å². The van der Waals surface area contributed by atoms with Crippen LogP contribution in [-0.4, -0.2) is 18.2 Å². The van der Waals surface area contributed by atoms with Gasteiger partial charge in [-0.2, -0.15) is 0 Å². The summed E-state index contributed by atoms with van der Waals surface area (Å²) in [5, 5.41) is 9.06. The summed E-state index contributed by atoms with van der Waals surface area (Å²) in [6.45, 7) is 0. The number of hydrogen-bond acceptors (Lipinski definition) is 2. The Morgan fingerprint density at radius 1 is 0.966 bits per heavy atom. The van der Waals surface area contributed by atoms with Crippen LogP contribution >= 0.6 is 0 Å². The van der Waals surface area contributed by atoms with Crippen LogP contribution in [0.5, 0.6) is 5.75 Å². The Morgan fingerprint density at radius 3 is 2.41 bits per heavy atom. The molecule has 0 aromatic heterocycles. The summed E-state index contributed by atoms with van der Waals surface area (Å²) in [7, 11) is 1.68. The van der Waals surface area contributed by atoms with Crippen molar-refractivity contribution < 1.29 is 14.6 Å². The van der Waals surface area contributed by atoms with Gasteiger partial charge in [-0.1, -0.05) is 48.5 Å². The van der Waals surface area contributed by atoms with Gasteiger partial charge in [0, 0.05) is 0 Å². The van der Waals surface area contributed by atoms with Gasteiger partial charge in [0.1, 0.15) is 5.75 Å². The summed E-state index contributed by atoms with van der Waals surface area (Å²) in [5.41, 5.74) is 8.25. The Balaban J connectivity index is 1.56. The first-order chi connectivity index (χ1) is 14.1. The first kappa shape index (κ1) is 19.0. The van der Waals surface area contributed by atoms with Crippen molar-refractivity contribution in [3.05, 3.63) is 100 Å². The molecule has 3 aromatic carbocycles. The van der Waals surface area contributed by atoms with E-state index in [0.717, 1.165) is 37.0 Å². The second-order valence-electron chi connectivity index (χ2n) is 7.40. The molecule has 0 aliphatic heterocycles. The second kappa shape index (κ2) is 8.36. The fraction of sp³-hybridized carbons (Fsp3) is 0.192. The van der Waals surface area contributed by atoms with E-state index in [1.165, 1.54) is 27.8 Å². The molecule has 3 nitrogen and oxygen atoms in total. The van der Waals surface area contributed by atoms with Crippen molar-refractivity contribution in [2.45, 2.75) is 25.7 Å². The van der Waals surface area contributed by atoms with Gasteiger partial charge in [0.25, 0.3) is 0 Å². The Hall–Kier alpha value is -3.33. The lowest BCUT2D eigenvalue weighted by Crippen LogP contribution is -1.99. The minimum atomic E-state index is -0.884. The summed E-state index contributed by atoms with van der Waals surface area (Å²) >= 11 is 0. The predicted molar refractivity (Wildman–Crippen MR) is 116 cm³/mol. The molecule has 0 spiro atoms. The molecule has 0 saturated heterocycles. The average molecular weight is 384 g/mol. The van der Waals surface area contributed by atoms with Gasteiger partial charge >= 0.3 is 5.97 Å².